The molecule has 4 nitrogen and oxygen atoms in total. The maximum Gasteiger partial charge on any atom is 0.226 e. The molecule has 0 unspecified atom stereocenters. The van der Waals surface area contributed by atoms with Gasteiger partial charge in [-0.1, -0.05) is 44.2 Å². The third-order valence-corrected chi connectivity index (χ3v) is 7.50. The third kappa shape index (κ3) is 3.23. The minimum Gasteiger partial charge on any atom is -0.338 e. The maximum atomic E-state index is 13.0. The summed E-state index contributed by atoms with van der Waals surface area (Å²) < 4.78 is 23.3. The second-order valence-corrected chi connectivity index (χ2v) is 10.1. The van der Waals surface area contributed by atoms with Gasteiger partial charge in [-0.15, -0.1) is 0 Å². The molecule has 1 aliphatic carbocycles. The van der Waals surface area contributed by atoms with E-state index in [1.807, 2.05) is 30.1 Å². The number of amides is 1. The Morgan fingerprint density at radius 3 is 2.29 bits per heavy atom. The van der Waals surface area contributed by atoms with Crippen LogP contribution in [0.5, 0.6) is 0 Å². The van der Waals surface area contributed by atoms with Crippen LogP contribution < -0.4 is 0 Å². The summed E-state index contributed by atoms with van der Waals surface area (Å²) in [7, 11) is -0.986. The molecule has 2 fully saturated rings. The zero-order chi connectivity index (χ0) is 17.5. The van der Waals surface area contributed by atoms with Crippen LogP contribution in [-0.2, 0) is 14.6 Å². The van der Waals surface area contributed by atoms with Crippen molar-refractivity contribution in [3.8, 4) is 0 Å². The second kappa shape index (κ2) is 6.17. The van der Waals surface area contributed by atoms with Gasteiger partial charge in [0, 0.05) is 13.0 Å². The van der Waals surface area contributed by atoms with Crippen molar-refractivity contribution in [3.63, 3.8) is 0 Å². The number of benzene rings is 1. The van der Waals surface area contributed by atoms with Crippen LogP contribution >= 0.6 is 0 Å². The Hall–Kier alpha value is -1.36. The number of rotatable bonds is 4. The summed E-state index contributed by atoms with van der Waals surface area (Å²) in [6.07, 6.45) is 2.15. The summed E-state index contributed by atoms with van der Waals surface area (Å²) in [4.78, 5) is 14.9. The van der Waals surface area contributed by atoms with E-state index in [2.05, 4.69) is 26.0 Å². The van der Waals surface area contributed by atoms with Crippen LogP contribution in [0.3, 0.4) is 0 Å². The highest BCUT2D eigenvalue weighted by molar-refractivity contribution is 7.91. The Bertz CT molecular complexity index is 697. The van der Waals surface area contributed by atoms with E-state index in [1.54, 1.807) is 0 Å². The highest BCUT2D eigenvalue weighted by Crippen LogP contribution is 2.60. The lowest BCUT2D eigenvalue weighted by Gasteiger charge is -2.33. The minimum absolute atomic E-state index is 0.00274. The molecule has 132 valence electrons. The topological polar surface area (TPSA) is 54.5 Å². The molecule has 0 N–H and O–H groups in total. The maximum absolute atomic E-state index is 13.0. The molecule has 1 heterocycles. The van der Waals surface area contributed by atoms with Gasteiger partial charge in [-0.2, -0.15) is 0 Å². The van der Waals surface area contributed by atoms with E-state index in [0.29, 0.717) is 18.8 Å². The van der Waals surface area contributed by atoms with Crippen LogP contribution in [0, 0.1) is 17.3 Å². The monoisotopic (exact) mass is 349 g/mol. The largest absolute Gasteiger partial charge is 0.338 e. The van der Waals surface area contributed by atoms with Crippen LogP contribution in [0.25, 0.3) is 0 Å². The first kappa shape index (κ1) is 17.5. The lowest BCUT2D eigenvalue weighted by Crippen LogP contribution is -2.37. The van der Waals surface area contributed by atoms with Crippen molar-refractivity contribution in [2.45, 2.75) is 39.2 Å². The van der Waals surface area contributed by atoms with Crippen LogP contribution in [0.15, 0.2) is 30.3 Å². The lowest BCUT2D eigenvalue weighted by atomic mass is 9.92. The third-order valence-electron chi connectivity index (χ3n) is 5.85. The standard InChI is InChI=1S/C19H27NO3S/c1-14(2)17(15-7-5-4-6-8-15)20(3)18(21)16-13-19(16)9-11-24(22,23)12-10-19/h4-8,14,16-17H,9-13H2,1-3H3/t16-,17-/m0/s1. The fraction of sp³-hybridized carbons (Fsp3) is 0.632. The van der Waals surface area contributed by atoms with E-state index >= 15 is 0 Å². The predicted molar refractivity (Wildman–Crippen MR) is 95.2 cm³/mol. The SMILES string of the molecule is CC(C)[C@@H](c1ccccc1)N(C)C(=O)[C@@H]1CC12CCS(=O)(=O)CC2. The first-order chi connectivity index (χ1) is 11.3. The Labute approximate surface area is 145 Å². The number of carbonyl (C=O) groups excluding carboxylic acids is 1. The normalized spacial score (nSPS) is 25.4. The lowest BCUT2D eigenvalue weighted by molar-refractivity contribution is -0.135. The first-order valence-electron chi connectivity index (χ1n) is 8.78. The van der Waals surface area contributed by atoms with Gasteiger partial charge in [-0.3, -0.25) is 4.79 Å². The van der Waals surface area contributed by atoms with E-state index < -0.39 is 9.84 Å². The molecule has 1 amide bonds. The molecule has 2 atom stereocenters. The number of hydrogen-bond donors (Lipinski definition) is 0. The Morgan fingerprint density at radius 2 is 1.75 bits per heavy atom. The van der Waals surface area contributed by atoms with E-state index in [9.17, 15) is 13.2 Å². The summed E-state index contributed by atoms with van der Waals surface area (Å²) in [5.41, 5.74) is 1.11. The van der Waals surface area contributed by atoms with Gasteiger partial charge in [0.2, 0.25) is 5.91 Å². The van der Waals surface area contributed by atoms with Crippen LogP contribution in [0.4, 0.5) is 0 Å². The zero-order valence-electron chi connectivity index (χ0n) is 14.7. The fourth-order valence-electron chi connectivity index (χ4n) is 4.28. The molecule has 1 aromatic rings. The van der Waals surface area contributed by atoms with Crippen molar-refractivity contribution < 1.29 is 13.2 Å². The van der Waals surface area contributed by atoms with Crippen LogP contribution in [-0.4, -0.2) is 37.8 Å². The summed E-state index contributed by atoms with van der Waals surface area (Å²) in [6.45, 7) is 4.27. The molecule has 1 saturated heterocycles. The van der Waals surface area contributed by atoms with Crippen LogP contribution in [0.1, 0.15) is 44.7 Å². The van der Waals surface area contributed by atoms with Crippen molar-refractivity contribution in [1.29, 1.82) is 0 Å². The minimum atomic E-state index is -2.88. The summed E-state index contributed by atoms with van der Waals surface area (Å²) in [5.74, 6) is 0.988. The Balaban J connectivity index is 1.73. The molecule has 0 radical (unpaired) electrons. The van der Waals surface area contributed by atoms with Gasteiger partial charge < -0.3 is 4.90 Å². The van der Waals surface area contributed by atoms with Gasteiger partial charge in [-0.05, 0) is 36.2 Å². The van der Waals surface area contributed by atoms with E-state index in [4.69, 9.17) is 0 Å². The van der Waals surface area contributed by atoms with Gasteiger partial charge in [0.25, 0.3) is 0 Å². The second-order valence-electron chi connectivity index (χ2n) is 7.82. The van der Waals surface area contributed by atoms with Crippen molar-refractivity contribution >= 4 is 15.7 Å². The van der Waals surface area contributed by atoms with E-state index in [-0.39, 0.29) is 34.8 Å². The van der Waals surface area contributed by atoms with Crippen molar-refractivity contribution in [1.82, 2.24) is 4.90 Å². The van der Waals surface area contributed by atoms with E-state index in [0.717, 1.165) is 12.0 Å². The molecular weight excluding hydrogens is 322 g/mol. The quantitative estimate of drug-likeness (QED) is 0.839. The average molecular weight is 349 g/mol. The smallest absolute Gasteiger partial charge is 0.226 e. The summed E-state index contributed by atoms with van der Waals surface area (Å²) in [6, 6.07) is 10.2. The Kier molecular flexibility index (Phi) is 4.49. The number of nitrogens with zero attached hydrogens (tertiary/aromatic N) is 1. The molecule has 1 aromatic carbocycles. The van der Waals surface area contributed by atoms with Gasteiger partial charge in [0.05, 0.1) is 17.5 Å². The molecule has 0 aromatic heterocycles. The first-order valence-corrected chi connectivity index (χ1v) is 10.6. The highest BCUT2D eigenvalue weighted by atomic mass is 32.2. The summed E-state index contributed by atoms with van der Waals surface area (Å²) >= 11 is 0. The molecule has 5 heteroatoms. The average Bonchev–Trinajstić information content (AvgIpc) is 3.25. The molecule has 1 aliphatic heterocycles. The highest BCUT2D eigenvalue weighted by Gasteiger charge is 2.60. The molecule has 3 rings (SSSR count). The van der Waals surface area contributed by atoms with Crippen LogP contribution in [0.2, 0.25) is 0 Å². The Morgan fingerprint density at radius 1 is 1.17 bits per heavy atom. The summed E-state index contributed by atoms with van der Waals surface area (Å²) in [5, 5.41) is 0. The van der Waals surface area contributed by atoms with Crippen molar-refractivity contribution in [2.24, 2.45) is 17.3 Å². The molecule has 1 saturated carbocycles. The molecular formula is C19H27NO3S. The predicted octanol–water partition coefficient (Wildman–Crippen LogP) is 3.06. The number of sulfone groups is 1. The zero-order valence-corrected chi connectivity index (χ0v) is 15.6. The van der Waals surface area contributed by atoms with Crippen molar-refractivity contribution in [3.05, 3.63) is 35.9 Å². The van der Waals surface area contributed by atoms with Gasteiger partial charge in [-0.25, -0.2) is 8.42 Å². The molecule has 24 heavy (non-hydrogen) atoms. The molecule has 1 spiro atoms. The van der Waals surface area contributed by atoms with Crippen molar-refractivity contribution in [2.75, 3.05) is 18.6 Å². The van der Waals surface area contributed by atoms with Gasteiger partial charge in [0.1, 0.15) is 9.84 Å². The fourth-order valence-corrected chi connectivity index (χ4v) is 5.92. The van der Waals surface area contributed by atoms with Gasteiger partial charge >= 0.3 is 0 Å². The van der Waals surface area contributed by atoms with E-state index in [1.165, 1.54) is 0 Å². The number of carbonyl (C=O) groups is 1. The molecule has 2 aliphatic rings. The molecule has 0 bridgehead atoms. The van der Waals surface area contributed by atoms with Gasteiger partial charge in [0.15, 0.2) is 0 Å². The number of hydrogen-bond acceptors (Lipinski definition) is 3.